The Morgan fingerprint density at radius 3 is 2.95 bits per heavy atom. The average Bonchev–Trinajstić information content (AvgIpc) is 3.13. The number of nitrogens with zero attached hydrogens (tertiary/aromatic N) is 7. The highest BCUT2D eigenvalue weighted by molar-refractivity contribution is 5.80. The first-order valence-corrected chi connectivity index (χ1v) is 6.59. The van der Waals surface area contributed by atoms with Crippen LogP contribution in [0, 0.1) is 11.8 Å². The number of azide groups is 1. The molecule has 2 bridgehead atoms. The Hall–Kier alpha value is -2.14. The molecule has 3 unspecified atom stereocenters. The van der Waals surface area contributed by atoms with Crippen LogP contribution in [-0.2, 0) is 0 Å². The molecule has 3 atom stereocenters. The molecule has 7 nitrogen and oxygen atoms in total. The zero-order chi connectivity index (χ0) is 12.8. The quantitative estimate of drug-likeness (QED) is 0.468. The molecule has 2 heterocycles. The van der Waals surface area contributed by atoms with Gasteiger partial charge >= 0.3 is 0 Å². The third kappa shape index (κ3) is 1.51. The lowest BCUT2D eigenvalue weighted by atomic mass is 9.95. The molecule has 0 N–H and O–H groups in total. The molecule has 0 spiro atoms. The first-order valence-electron chi connectivity index (χ1n) is 6.59. The standard InChI is InChI=1S/C12H13N7/c13-18-17-11-10-12(15-5-14-11)19(6-16-10)9-4-7-1-2-8(9)3-7/h5-9H,1-4H2. The molecule has 2 aliphatic carbocycles. The number of aromatic nitrogens is 4. The summed E-state index contributed by atoms with van der Waals surface area (Å²) in [6, 6.07) is 0.498. The molecule has 96 valence electrons. The van der Waals surface area contributed by atoms with Gasteiger partial charge in [-0.3, -0.25) is 0 Å². The first kappa shape index (κ1) is 10.8. The summed E-state index contributed by atoms with van der Waals surface area (Å²) in [5.41, 5.74) is 9.93. The summed E-state index contributed by atoms with van der Waals surface area (Å²) in [6.07, 6.45) is 8.49. The number of hydrogen-bond donors (Lipinski definition) is 0. The molecule has 0 aliphatic heterocycles. The van der Waals surface area contributed by atoms with Crippen molar-refractivity contribution in [3.63, 3.8) is 0 Å². The average molecular weight is 255 g/mol. The fraction of sp³-hybridized carbons (Fsp3) is 0.583. The van der Waals surface area contributed by atoms with Gasteiger partial charge in [0.1, 0.15) is 11.8 Å². The van der Waals surface area contributed by atoms with Crippen molar-refractivity contribution >= 4 is 17.0 Å². The molecule has 2 aromatic heterocycles. The molecule has 7 heteroatoms. The van der Waals surface area contributed by atoms with E-state index in [0.717, 1.165) is 17.5 Å². The van der Waals surface area contributed by atoms with E-state index in [4.69, 9.17) is 5.53 Å². The molecular weight excluding hydrogens is 242 g/mol. The van der Waals surface area contributed by atoms with Crippen LogP contribution in [0.25, 0.3) is 21.6 Å². The third-order valence-electron chi connectivity index (χ3n) is 4.54. The maximum absolute atomic E-state index is 8.55. The Balaban J connectivity index is 1.83. The van der Waals surface area contributed by atoms with E-state index in [1.165, 1.54) is 32.0 Å². The fourth-order valence-corrected chi connectivity index (χ4v) is 3.75. The number of hydrogen-bond acceptors (Lipinski definition) is 4. The van der Waals surface area contributed by atoms with Gasteiger partial charge < -0.3 is 4.57 Å². The van der Waals surface area contributed by atoms with Gasteiger partial charge in [-0.2, -0.15) is 0 Å². The molecule has 0 aromatic carbocycles. The summed E-state index contributed by atoms with van der Waals surface area (Å²) in [4.78, 5) is 15.4. The van der Waals surface area contributed by atoms with Gasteiger partial charge in [-0.1, -0.05) is 6.42 Å². The Labute approximate surface area is 109 Å². The summed E-state index contributed by atoms with van der Waals surface area (Å²) in [5.74, 6) is 1.93. The normalized spacial score (nSPS) is 28.7. The van der Waals surface area contributed by atoms with Crippen LogP contribution >= 0.6 is 0 Å². The maximum Gasteiger partial charge on any atom is 0.163 e. The molecule has 0 radical (unpaired) electrons. The fourth-order valence-electron chi connectivity index (χ4n) is 3.75. The predicted molar refractivity (Wildman–Crippen MR) is 68.6 cm³/mol. The van der Waals surface area contributed by atoms with Crippen molar-refractivity contribution in [2.45, 2.75) is 31.7 Å². The van der Waals surface area contributed by atoms with Crippen molar-refractivity contribution in [1.82, 2.24) is 19.5 Å². The molecule has 2 aromatic rings. The zero-order valence-corrected chi connectivity index (χ0v) is 10.3. The van der Waals surface area contributed by atoms with Gasteiger partial charge in [0.15, 0.2) is 11.5 Å². The van der Waals surface area contributed by atoms with Crippen LogP contribution in [-0.4, -0.2) is 19.5 Å². The van der Waals surface area contributed by atoms with Gasteiger partial charge in [0.2, 0.25) is 0 Å². The highest BCUT2D eigenvalue weighted by atomic mass is 15.2. The van der Waals surface area contributed by atoms with Crippen LogP contribution < -0.4 is 0 Å². The second kappa shape index (κ2) is 3.93. The number of rotatable bonds is 2. The van der Waals surface area contributed by atoms with E-state index in [2.05, 4.69) is 29.5 Å². The molecule has 2 saturated carbocycles. The molecule has 19 heavy (non-hydrogen) atoms. The van der Waals surface area contributed by atoms with E-state index in [0.29, 0.717) is 17.4 Å². The molecule has 0 amide bonds. The lowest BCUT2D eigenvalue weighted by Crippen LogP contribution is -2.15. The van der Waals surface area contributed by atoms with E-state index < -0.39 is 0 Å². The van der Waals surface area contributed by atoms with Crippen LogP contribution in [0.5, 0.6) is 0 Å². The summed E-state index contributed by atoms with van der Waals surface area (Å²) in [6.45, 7) is 0. The summed E-state index contributed by atoms with van der Waals surface area (Å²) in [7, 11) is 0. The zero-order valence-electron chi connectivity index (χ0n) is 10.3. The smallest absolute Gasteiger partial charge is 0.163 e. The van der Waals surface area contributed by atoms with Gasteiger partial charge in [0.25, 0.3) is 0 Å². The molecule has 2 fully saturated rings. The topological polar surface area (TPSA) is 92.4 Å². The minimum Gasteiger partial charge on any atom is -0.312 e. The predicted octanol–water partition coefficient (Wildman–Crippen LogP) is 3.13. The maximum atomic E-state index is 8.55. The Kier molecular flexibility index (Phi) is 2.22. The number of imidazole rings is 1. The molecular formula is C12H13N7. The van der Waals surface area contributed by atoms with Crippen molar-refractivity contribution in [3.8, 4) is 0 Å². The minimum atomic E-state index is 0.314. The van der Waals surface area contributed by atoms with Crippen LogP contribution in [0.4, 0.5) is 5.82 Å². The Morgan fingerprint density at radius 1 is 1.26 bits per heavy atom. The highest BCUT2D eigenvalue weighted by Gasteiger charge is 2.41. The second-order valence-corrected chi connectivity index (χ2v) is 5.45. The van der Waals surface area contributed by atoms with Crippen molar-refractivity contribution in [1.29, 1.82) is 0 Å². The Morgan fingerprint density at radius 2 is 2.21 bits per heavy atom. The van der Waals surface area contributed by atoms with Crippen LogP contribution in [0.15, 0.2) is 17.8 Å². The van der Waals surface area contributed by atoms with E-state index >= 15 is 0 Å². The lowest BCUT2D eigenvalue weighted by Gasteiger charge is -2.23. The van der Waals surface area contributed by atoms with Crippen LogP contribution in [0.3, 0.4) is 0 Å². The lowest BCUT2D eigenvalue weighted by molar-refractivity contribution is 0.334. The summed E-state index contributed by atoms with van der Waals surface area (Å²) in [5, 5.41) is 3.58. The van der Waals surface area contributed by atoms with Crippen LogP contribution in [0.1, 0.15) is 31.7 Å². The van der Waals surface area contributed by atoms with Gasteiger partial charge in [0.05, 0.1) is 6.33 Å². The van der Waals surface area contributed by atoms with Gasteiger partial charge in [0, 0.05) is 11.0 Å². The summed E-state index contributed by atoms with van der Waals surface area (Å²) < 4.78 is 2.15. The van der Waals surface area contributed by atoms with E-state index in [1.54, 1.807) is 0 Å². The van der Waals surface area contributed by atoms with E-state index in [9.17, 15) is 0 Å². The van der Waals surface area contributed by atoms with Crippen molar-refractivity contribution in [2.75, 3.05) is 0 Å². The monoisotopic (exact) mass is 255 g/mol. The van der Waals surface area contributed by atoms with Crippen molar-refractivity contribution < 1.29 is 0 Å². The van der Waals surface area contributed by atoms with Crippen molar-refractivity contribution in [2.24, 2.45) is 17.0 Å². The van der Waals surface area contributed by atoms with Gasteiger partial charge in [-0.15, -0.1) is 0 Å². The molecule has 2 aliphatic rings. The second-order valence-electron chi connectivity index (χ2n) is 5.45. The van der Waals surface area contributed by atoms with Gasteiger partial charge in [-0.05, 0) is 41.7 Å². The first-order chi connectivity index (χ1) is 9.36. The number of fused-ring (bicyclic) bond motifs is 3. The Bertz CT molecular complexity index is 684. The van der Waals surface area contributed by atoms with E-state index in [1.807, 2.05) is 6.33 Å². The highest BCUT2D eigenvalue weighted by Crippen LogP contribution is 2.51. The van der Waals surface area contributed by atoms with Crippen LogP contribution in [0.2, 0.25) is 0 Å². The summed E-state index contributed by atoms with van der Waals surface area (Å²) >= 11 is 0. The largest absolute Gasteiger partial charge is 0.312 e. The minimum absolute atomic E-state index is 0.314. The molecule has 0 saturated heterocycles. The molecule has 4 rings (SSSR count). The third-order valence-corrected chi connectivity index (χ3v) is 4.54. The van der Waals surface area contributed by atoms with Gasteiger partial charge in [-0.25, -0.2) is 15.0 Å². The SMILES string of the molecule is [N-]=[N+]=Nc1ncnc2c1ncn2C1CC2CCC1C2. The van der Waals surface area contributed by atoms with Crippen molar-refractivity contribution in [3.05, 3.63) is 23.1 Å². The van der Waals surface area contributed by atoms with E-state index in [-0.39, 0.29) is 0 Å².